The lowest BCUT2D eigenvalue weighted by molar-refractivity contribution is 0.102. The summed E-state index contributed by atoms with van der Waals surface area (Å²) in [4.78, 5) is 16.4. The van der Waals surface area contributed by atoms with Gasteiger partial charge in [-0.1, -0.05) is 30.3 Å². The fourth-order valence-corrected chi connectivity index (χ4v) is 2.43. The van der Waals surface area contributed by atoms with Crippen molar-refractivity contribution in [2.75, 3.05) is 11.1 Å². The standard InChI is InChI=1S/C20H20N4O/c21-18-5-1-2-6-19(18)24-20(25)17-9-7-15(8-10-17)12-23-14-16-4-3-11-22-13-16/h1-11,13,23H,12,14,21H2,(H,24,25). The van der Waals surface area contributed by atoms with Gasteiger partial charge in [-0.2, -0.15) is 0 Å². The Kier molecular flexibility index (Phi) is 5.39. The molecule has 0 aliphatic carbocycles. The Morgan fingerprint density at radius 2 is 1.68 bits per heavy atom. The van der Waals surface area contributed by atoms with Gasteiger partial charge in [-0.15, -0.1) is 0 Å². The predicted molar refractivity (Wildman–Crippen MR) is 100 cm³/mol. The number of nitrogens with one attached hydrogen (secondary N) is 2. The molecule has 126 valence electrons. The number of pyridine rings is 1. The van der Waals surface area contributed by atoms with E-state index < -0.39 is 0 Å². The van der Waals surface area contributed by atoms with Crippen LogP contribution in [0.25, 0.3) is 0 Å². The molecule has 4 N–H and O–H groups in total. The zero-order chi connectivity index (χ0) is 17.5. The SMILES string of the molecule is Nc1ccccc1NC(=O)c1ccc(CNCc2cccnc2)cc1. The Morgan fingerprint density at radius 1 is 0.920 bits per heavy atom. The van der Waals surface area contributed by atoms with E-state index in [1.54, 1.807) is 18.3 Å². The third kappa shape index (κ3) is 4.65. The van der Waals surface area contributed by atoms with Gasteiger partial charge in [0.15, 0.2) is 0 Å². The second kappa shape index (κ2) is 8.08. The average molecular weight is 332 g/mol. The maximum Gasteiger partial charge on any atom is 0.255 e. The van der Waals surface area contributed by atoms with Gasteiger partial charge >= 0.3 is 0 Å². The molecule has 0 fully saturated rings. The number of carbonyl (C=O) groups is 1. The van der Waals surface area contributed by atoms with Gasteiger partial charge in [-0.3, -0.25) is 9.78 Å². The highest BCUT2D eigenvalue weighted by Crippen LogP contribution is 2.18. The van der Waals surface area contributed by atoms with Crippen LogP contribution in [0.3, 0.4) is 0 Å². The van der Waals surface area contributed by atoms with E-state index in [4.69, 9.17) is 5.73 Å². The Labute approximate surface area is 146 Å². The number of aromatic nitrogens is 1. The summed E-state index contributed by atoms with van der Waals surface area (Å²) in [5.41, 5.74) is 9.86. The van der Waals surface area contributed by atoms with E-state index in [0.29, 0.717) is 16.9 Å². The minimum atomic E-state index is -0.173. The molecule has 0 bridgehead atoms. The molecule has 1 amide bonds. The van der Waals surface area contributed by atoms with Crippen LogP contribution in [0.2, 0.25) is 0 Å². The second-order valence-electron chi connectivity index (χ2n) is 5.70. The molecule has 0 aliphatic heterocycles. The first kappa shape index (κ1) is 16.7. The predicted octanol–water partition coefficient (Wildman–Crippen LogP) is 3.21. The summed E-state index contributed by atoms with van der Waals surface area (Å²) in [7, 11) is 0. The van der Waals surface area contributed by atoms with Crippen LogP contribution in [0.4, 0.5) is 11.4 Å². The number of amides is 1. The summed E-state index contributed by atoms with van der Waals surface area (Å²) in [6, 6.07) is 18.7. The molecule has 3 rings (SSSR count). The number of nitrogens with two attached hydrogens (primary N) is 1. The molecule has 0 aliphatic rings. The third-order valence-corrected chi connectivity index (χ3v) is 3.81. The van der Waals surface area contributed by atoms with Crippen LogP contribution < -0.4 is 16.4 Å². The van der Waals surface area contributed by atoms with Crippen molar-refractivity contribution < 1.29 is 4.79 Å². The quantitative estimate of drug-likeness (QED) is 0.606. The Bertz CT molecular complexity index is 832. The molecule has 1 heterocycles. The van der Waals surface area contributed by atoms with Crippen LogP contribution in [-0.4, -0.2) is 10.9 Å². The van der Waals surface area contributed by atoms with Crippen molar-refractivity contribution in [3.63, 3.8) is 0 Å². The van der Waals surface area contributed by atoms with Crippen LogP contribution in [0, 0.1) is 0 Å². The van der Waals surface area contributed by atoms with Crippen molar-refractivity contribution in [1.82, 2.24) is 10.3 Å². The number of carbonyl (C=O) groups excluding carboxylic acids is 1. The maximum absolute atomic E-state index is 12.3. The molecule has 0 atom stereocenters. The first-order valence-electron chi connectivity index (χ1n) is 8.07. The highest BCUT2D eigenvalue weighted by atomic mass is 16.1. The molecular formula is C20H20N4O. The molecule has 3 aromatic rings. The molecule has 25 heavy (non-hydrogen) atoms. The van der Waals surface area contributed by atoms with Crippen LogP contribution in [0.1, 0.15) is 21.5 Å². The third-order valence-electron chi connectivity index (χ3n) is 3.81. The van der Waals surface area contributed by atoms with Gasteiger partial charge in [-0.25, -0.2) is 0 Å². The van der Waals surface area contributed by atoms with Gasteiger partial charge < -0.3 is 16.4 Å². The molecule has 0 saturated heterocycles. The van der Waals surface area contributed by atoms with Gasteiger partial charge in [0.1, 0.15) is 0 Å². The fraction of sp³-hybridized carbons (Fsp3) is 0.100. The average Bonchev–Trinajstić information content (AvgIpc) is 2.65. The van der Waals surface area contributed by atoms with Gasteiger partial charge in [0.05, 0.1) is 11.4 Å². The Balaban J connectivity index is 1.54. The summed E-state index contributed by atoms with van der Waals surface area (Å²) < 4.78 is 0. The van der Waals surface area contributed by atoms with Crippen molar-refractivity contribution in [2.24, 2.45) is 0 Å². The summed E-state index contributed by atoms with van der Waals surface area (Å²) in [6.07, 6.45) is 3.60. The van der Waals surface area contributed by atoms with Crippen molar-refractivity contribution in [2.45, 2.75) is 13.1 Å². The van der Waals surface area contributed by atoms with Crippen LogP contribution >= 0.6 is 0 Å². The van der Waals surface area contributed by atoms with Crippen molar-refractivity contribution in [3.8, 4) is 0 Å². The van der Waals surface area contributed by atoms with Gasteiger partial charge in [-0.05, 0) is 41.5 Å². The zero-order valence-corrected chi connectivity index (χ0v) is 13.8. The second-order valence-corrected chi connectivity index (χ2v) is 5.70. The normalized spacial score (nSPS) is 10.4. The number of nitrogens with zero attached hydrogens (tertiary/aromatic N) is 1. The van der Waals surface area contributed by atoms with E-state index >= 15 is 0 Å². The lowest BCUT2D eigenvalue weighted by Gasteiger charge is -2.09. The number of nitrogen functional groups attached to an aromatic ring is 1. The monoisotopic (exact) mass is 332 g/mol. The van der Waals surface area contributed by atoms with Crippen LogP contribution in [0.5, 0.6) is 0 Å². The molecule has 0 radical (unpaired) electrons. The summed E-state index contributed by atoms with van der Waals surface area (Å²) in [5.74, 6) is -0.173. The lowest BCUT2D eigenvalue weighted by Crippen LogP contribution is -2.14. The Hall–Kier alpha value is -3.18. The van der Waals surface area contributed by atoms with E-state index in [0.717, 1.165) is 24.2 Å². The number of anilines is 2. The molecule has 1 aromatic heterocycles. The summed E-state index contributed by atoms with van der Waals surface area (Å²) in [5, 5.41) is 6.18. The lowest BCUT2D eigenvalue weighted by atomic mass is 10.1. The van der Waals surface area contributed by atoms with E-state index in [2.05, 4.69) is 15.6 Å². The van der Waals surface area contributed by atoms with Crippen molar-refractivity contribution in [3.05, 3.63) is 89.7 Å². The zero-order valence-electron chi connectivity index (χ0n) is 13.8. The molecule has 5 nitrogen and oxygen atoms in total. The first-order chi connectivity index (χ1) is 12.2. The minimum Gasteiger partial charge on any atom is -0.397 e. The van der Waals surface area contributed by atoms with E-state index in [9.17, 15) is 4.79 Å². The van der Waals surface area contributed by atoms with Crippen molar-refractivity contribution >= 4 is 17.3 Å². The molecular weight excluding hydrogens is 312 g/mol. The van der Waals surface area contributed by atoms with E-state index in [1.807, 2.05) is 54.7 Å². The number of hydrogen-bond acceptors (Lipinski definition) is 4. The molecule has 0 spiro atoms. The van der Waals surface area contributed by atoms with Gasteiger partial charge in [0.25, 0.3) is 5.91 Å². The molecule has 0 unspecified atom stereocenters. The number of rotatable bonds is 6. The van der Waals surface area contributed by atoms with Gasteiger partial charge in [0.2, 0.25) is 0 Å². The highest BCUT2D eigenvalue weighted by Gasteiger charge is 2.07. The molecule has 2 aromatic carbocycles. The topological polar surface area (TPSA) is 80.0 Å². The van der Waals surface area contributed by atoms with Crippen LogP contribution in [-0.2, 0) is 13.1 Å². The molecule has 5 heteroatoms. The minimum absolute atomic E-state index is 0.173. The fourth-order valence-electron chi connectivity index (χ4n) is 2.43. The largest absolute Gasteiger partial charge is 0.397 e. The maximum atomic E-state index is 12.3. The smallest absolute Gasteiger partial charge is 0.255 e. The van der Waals surface area contributed by atoms with E-state index in [-0.39, 0.29) is 5.91 Å². The number of hydrogen-bond donors (Lipinski definition) is 3. The Morgan fingerprint density at radius 3 is 2.40 bits per heavy atom. The molecule has 0 saturated carbocycles. The summed E-state index contributed by atoms with van der Waals surface area (Å²) >= 11 is 0. The highest BCUT2D eigenvalue weighted by molar-refractivity contribution is 6.05. The summed E-state index contributed by atoms with van der Waals surface area (Å²) in [6.45, 7) is 1.48. The van der Waals surface area contributed by atoms with Crippen molar-refractivity contribution in [1.29, 1.82) is 0 Å². The van der Waals surface area contributed by atoms with Gasteiger partial charge in [0, 0.05) is 31.0 Å². The number of benzene rings is 2. The number of para-hydroxylation sites is 2. The first-order valence-corrected chi connectivity index (χ1v) is 8.07. The van der Waals surface area contributed by atoms with E-state index in [1.165, 1.54) is 0 Å². The van der Waals surface area contributed by atoms with Crippen LogP contribution in [0.15, 0.2) is 73.1 Å².